The summed E-state index contributed by atoms with van der Waals surface area (Å²) in [7, 11) is 0. The maximum atomic E-state index is 12.6. The van der Waals surface area contributed by atoms with Crippen molar-refractivity contribution in [1.82, 2.24) is 5.32 Å². The summed E-state index contributed by atoms with van der Waals surface area (Å²) in [4.78, 5) is 37.8. The van der Waals surface area contributed by atoms with Crippen LogP contribution in [0.15, 0.2) is 48.5 Å². The van der Waals surface area contributed by atoms with Crippen molar-refractivity contribution < 1.29 is 19.1 Å². The number of fused-ring (bicyclic) bond motifs is 1. The van der Waals surface area contributed by atoms with Crippen molar-refractivity contribution in [2.24, 2.45) is 5.73 Å². The maximum Gasteiger partial charge on any atom is 0.312 e. The van der Waals surface area contributed by atoms with Gasteiger partial charge in [-0.15, -0.1) is 0 Å². The molecule has 1 atom stereocenters. The van der Waals surface area contributed by atoms with Crippen LogP contribution in [0.25, 0.3) is 0 Å². The summed E-state index contributed by atoms with van der Waals surface area (Å²) in [5.74, 6) is -0.895. The number of nitrogens with zero attached hydrogens (tertiary/aromatic N) is 1. The molecule has 2 aromatic carbocycles. The van der Waals surface area contributed by atoms with Crippen molar-refractivity contribution in [1.29, 1.82) is 0 Å². The number of halogens is 1. The van der Waals surface area contributed by atoms with Crippen LogP contribution in [0.4, 0.5) is 10.5 Å². The molecule has 0 aromatic heterocycles. The first-order valence-electron chi connectivity index (χ1n) is 9.29. The van der Waals surface area contributed by atoms with E-state index in [-0.39, 0.29) is 18.9 Å². The highest BCUT2D eigenvalue weighted by molar-refractivity contribution is 6.30. The number of para-hydroxylation sites is 1. The molecule has 7 nitrogen and oxygen atoms in total. The number of hydrogen-bond donors (Lipinski definition) is 2. The van der Waals surface area contributed by atoms with E-state index in [0.717, 1.165) is 24.1 Å². The van der Waals surface area contributed by atoms with E-state index in [2.05, 4.69) is 5.32 Å². The molecule has 2 aromatic rings. The number of hydrogen-bond acceptors (Lipinski definition) is 4. The van der Waals surface area contributed by atoms with Gasteiger partial charge < -0.3 is 20.7 Å². The zero-order chi connectivity index (χ0) is 20.8. The summed E-state index contributed by atoms with van der Waals surface area (Å²) in [6, 6.07) is 12.9. The van der Waals surface area contributed by atoms with Gasteiger partial charge in [0, 0.05) is 17.3 Å². The number of nitrogens with one attached hydrogen (secondary N) is 1. The second-order valence-corrected chi connectivity index (χ2v) is 7.19. The summed E-state index contributed by atoms with van der Waals surface area (Å²) >= 11 is 5.88. The fourth-order valence-electron chi connectivity index (χ4n) is 3.36. The van der Waals surface area contributed by atoms with Gasteiger partial charge in [-0.25, -0.2) is 4.79 Å². The molecule has 3 rings (SSSR count). The molecule has 3 amide bonds. The lowest BCUT2D eigenvalue weighted by molar-refractivity contribution is -0.148. The topological polar surface area (TPSA) is 102 Å². The average molecular weight is 416 g/mol. The van der Waals surface area contributed by atoms with Crippen LogP contribution in [0.2, 0.25) is 5.02 Å². The smallest absolute Gasteiger partial charge is 0.312 e. The minimum absolute atomic E-state index is 0.158. The number of aryl methyl sites for hydroxylation is 1. The Bertz CT molecular complexity index is 901. The van der Waals surface area contributed by atoms with Gasteiger partial charge in [-0.05, 0) is 42.2 Å². The monoisotopic (exact) mass is 415 g/mol. The predicted molar refractivity (Wildman–Crippen MR) is 110 cm³/mol. The van der Waals surface area contributed by atoms with E-state index < -0.39 is 18.0 Å². The summed E-state index contributed by atoms with van der Waals surface area (Å²) in [6.45, 7) is 0.223. The zero-order valence-corrected chi connectivity index (χ0v) is 16.5. The first-order chi connectivity index (χ1) is 13.9. The highest BCUT2D eigenvalue weighted by Gasteiger charge is 2.24. The van der Waals surface area contributed by atoms with Gasteiger partial charge in [0.2, 0.25) is 0 Å². The van der Waals surface area contributed by atoms with E-state index in [1.165, 1.54) is 0 Å². The average Bonchev–Trinajstić information content (AvgIpc) is 2.71. The number of carbonyl (C=O) groups excluding carboxylic acids is 3. The molecule has 1 heterocycles. The Morgan fingerprint density at radius 2 is 1.86 bits per heavy atom. The van der Waals surface area contributed by atoms with Gasteiger partial charge in [-0.1, -0.05) is 41.9 Å². The van der Waals surface area contributed by atoms with Crippen molar-refractivity contribution in [3.8, 4) is 0 Å². The van der Waals surface area contributed by atoms with Crippen molar-refractivity contribution in [2.75, 3.05) is 18.1 Å². The number of anilines is 1. The quantitative estimate of drug-likeness (QED) is 0.708. The molecule has 0 spiro atoms. The van der Waals surface area contributed by atoms with Crippen molar-refractivity contribution >= 4 is 35.2 Å². The minimum atomic E-state index is -0.765. The van der Waals surface area contributed by atoms with Gasteiger partial charge >= 0.3 is 12.0 Å². The first kappa shape index (κ1) is 20.7. The molecule has 0 fully saturated rings. The normalized spacial score (nSPS) is 13.9. The van der Waals surface area contributed by atoms with Crippen LogP contribution in [0, 0.1) is 0 Å². The van der Waals surface area contributed by atoms with Gasteiger partial charge in [0.1, 0.15) is 0 Å². The number of ether oxygens (including phenoxy) is 1. The van der Waals surface area contributed by atoms with Crippen LogP contribution in [0.1, 0.15) is 30.0 Å². The van der Waals surface area contributed by atoms with E-state index in [0.29, 0.717) is 17.1 Å². The molecule has 0 unspecified atom stereocenters. The Morgan fingerprint density at radius 3 is 2.59 bits per heavy atom. The minimum Gasteiger partial charge on any atom is -0.455 e. The Hall–Kier alpha value is -3.06. The summed E-state index contributed by atoms with van der Waals surface area (Å²) in [5, 5.41) is 3.04. The molecule has 0 bridgehead atoms. The van der Waals surface area contributed by atoms with Gasteiger partial charge in [0.15, 0.2) is 6.61 Å². The van der Waals surface area contributed by atoms with E-state index in [4.69, 9.17) is 22.1 Å². The number of carbonyl (C=O) groups is 3. The molecule has 3 N–H and O–H groups in total. The molecule has 0 saturated heterocycles. The molecule has 1 aliphatic rings. The molecule has 8 heteroatoms. The van der Waals surface area contributed by atoms with Crippen LogP contribution >= 0.6 is 11.6 Å². The maximum absolute atomic E-state index is 12.6. The third kappa shape index (κ3) is 5.48. The zero-order valence-electron chi connectivity index (χ0n) is 15.8. The van der Waals surface area contributed by atoms with E-state index in [9.17, 15) is 14.4 Å². The van der Waals surface area contributed by atoms with Crippen LogP contribution in [0.3, 0.4) is 0 Å². The van der Waals surface area contributed by atoms with Crippen LogP contribution in [-0.2, 0) is 20.7 Å². The van der Waals surface area contributed by atoms with Gasteiger partial charge in [-0.3, -0.25) is 9.59 Å². The molecule has 0 saturated carbocycles. The second kappa shape index (κ2) is 9.43. The summed E-state index contributed by atoms with van der Waals surface area (Å²) < 4.78 is 5.18. The van der Waals surface area contributed by atoms with E-state index in [1.807, 2.05) is 24.3 Å². The Balaban J connectivity index is 1.60. The molecule has 1 aliphatic heterocycles. The van der Waals surface area contributed by atoms with E-state index >= 15 is 0 Å². The summed E-state index contributed by atoms with van der Waals surface area (Å²) in [5.41, 5.74) is 7.83. The van der Waals surface area contributed by atoms with Crippen LogP contribution < -0.4 is 16.0 Å². The van der Waals surface area contributed by atoms with E-state index in [1.54, 1.807) is 29.2 Å². The lowest BCUT2D eigenvalue weighted by atomic mass is 10.0. The largest absolute Gasteiger partial charge is 0.455 e. The lowest BCUT2D eigenvalue weighted by Gasteiger charge is -2.29. The SMILES string of the molecule is NC(=O)N[C@H](CC(=O)OCC(=O)N1CCCc2ccccc21)c1ccc(Cl)cc1. The number of nitrogens with two attached hydrogens (primary N) is 1. The molecule has 0 aliphatic carbocycles. The Kier molecular flexibility index (Phi) is 6.72. The third-order valence-corrected chi connectivity index (χ3v) is 4.98. The number of urea groups is 1. The third-order valence-electron chi connectivity index (χ3n) is 4.73. The van der Waals surface area contributed by atoms with Gasteiger partial charge in [-0.2, -0.15) is 0 Å². The van der Waals surface area contributed by atoms with Gasteiger partial charge in [0.25, 0.3) is 5.91 Å². The van der Waals surface area contributed by atoms with Crippen LogP contribution in [0.5, 0.6) is 0 Å². The number of esters is 1. The van der Waals surface area contributed by atoms with Crippen molar-refractivity contribution in [2.45, 2.75) is 25.3 Å². The van der Waals surface area contributed by atoms with Crippen molar-refractivity contribution in [3.05, 3.63) is 64.7 Å². The highest BCUT2D eigenvalue weighted by atomic mass is 35.5. The lowest BCUT2D eigenvalue weighted by Crippen LogP contribution is -2.39. The standard InChI is InChI=1S/C21H22ClN3O4/c22-16-9-7-14(8-10-16)17(24-21(23)28)12-20(27)29-13-19(26)25-11-3-5-15-4-1-2-6-18(15)25/h1-2,4,6-10,17H,3,5,11-13H2,(H3,23,24,28)/t17-/m1/s1. The van der Waals surface area contributed by atoms with Crippen LogP contribution in [-0.4, -0.2) is 31.1 Å². The fraction of sp³-hybridized carbons (Fsp3) is 0.286. The number of primary amides is 1. The number of benzene rings is 2. The molecule has 152 valence electrons. The Morgan fingerprint density at radius 1 is 1.14 bits per heavy atom. The molecular weight excluding hydrogens is 394 g/mol. The molecular formula is C21H22ClN3O4. The number of amides is 3. The Labute approximate surface area is 173 Å². The highest BCUT2D eigenvalue weighted by Crippen LogP contribution is 2.27. The van der Waals surface area contributed by atoms with Crippen molar-refractivity contribution in [3.63, 3.8) is 0 Å². The first-order valence-corrected chi connectivity index (χ1v) is 9.67. The number of rotatable bonds is 6. The molecule has 0 radical (unpaired) electrons. The molecule has 29 heavy (non-hydrogen) atoms. The fourth-order valence-corrected chi connectivity index (χ4v) is 3.48. The predicted octanol–water partition coefficient (Wildman–Crippen LogP) is 2.96. The summed E-state index contributed by atoms with van der Waals surface area (Å²) in [6.07, 6.45) is 1.62. The second-order valence-electron chi connectivity index (χ2n) is 6.76. The van der Waals surface area contributed by atoms with Gasteiger partial charge in [0.05, 0.1) is 12.5 Å².